The summed E-state index contributed by atoms with van der Waals surface area (Å²) in [4.78, 5) is 2.49. The van der Waals surface area contributed by atoms with Crippen LogP contribution in [0.1, 0.15) is 28.3 Å². The first-order chi connectivity index (χ1) is 14.9. The van der Waals surface area contributed by atoms with Crippen molar-refractivity contribution >= 4 is 10.0 Å². The number of piperazine rings is 1. The molecule has 1 fully saturated rings. The minimum Gasteiger partial charge on any atom is -0.290 e. The molecule has 4 rings (SSSR count). The Balaban J connectivity index is 1.60. The van der Waals surface area contributed by atoms with E-state index in [1.807, 2.05) is 18.2 Å². The summed E-state index contributed by atoms with van der Waals surface area (Å²) in [5.74, 6) is -0.442. The van der Waals surface area contributed by atoms with Crippen LogP contribution in [0.2, 0.25) is 0 Å². The van der Waals surface area contributed by atoms with Gasteiger partial charge in [0.1, 0.15) is 5.82 Å². The van der Waals surface area contributed by atoms with Crippen LogP contribution in [0.15, 0.2) is 77.7 Å². The molecule has 162 valence electrons. The molecule has 1 aliphatic heterocycles. The van der Waals surface area contributed by atoms with Gasteiger partial charge in [-0.05, 0) is 54.8 Å². The quantitative estimate of drug-likeness (QED) is 0.587. The van der Waals surface area contributed by atoms with Crippen molar-refractivity contribution in [2.45, 2.75) is 24.8 Å². The Morgan fingerprint density at radius 3 is 2.13 bits per heavy atom. The van der Waals surface area contributed by atoms with Gasteiger partial charge in [-0.25, -0.2) is 12.8 Å². The Morgan fingerprint density at radius 2 is 1.48 bits per heavy atom. The van der Waals surface area contributed by atoms with E-state index < -0.39 is 15.8 Å². The van der Waals surface area contributed by atoms with E-state index in [2.05, 4.69) is 49.1 Å². The van der Waals surface area contributed by atoms with Crippen LogP contribution in [-0.2, 0) is 10.0 Å². The third kappa shape index (κ3) is 4.56. The van der Waals surface area contributed by atoms with Gasteiger partial charge in [0.25, 0.3) is 0 Å². The molecule has 0 radical (unpaired) electrons. The molecular weight excluding hydrogens is 411 g/mol. The predicted molar refractivity (Wildman–Crippen MR) is 121 cm³/mol. The normalized spacial score (nSPS) is 16.9. The topological polar surface area (TPSA) is 40.6 Å². The maximum Gasteiger partial charge on any atom is 0.243 e. The van der Waals surface area contributed by atoms with Crippen LogP contribution in [0.3, 0.4) is 0 Å². The number of benzene rings is 3. The highest BCUT2D eigenvalue weighted by molar-refractivity contribution is 7.89. The minimum absolute atomic E-state index is 0.0665. The highest BCUT2D eigenvalue weighted by Gasteiger charge is 2.32. The summed E-state index contributed by atoms with van der Waals surface area (Å²) in [5, 5.41) is 0. The fraction of sp³-hybridized carbons (Fsp3) is 0.280. The van der Waals surface area contributed by atoms with Crippen molar-refractivity contribution in [3.8, 4) is 0 Å². The fourth-order valence-electron chi connectivity index (χ4n) is 4.23. The summed E-state index contributed by atoms with van der Waals surface area (Å²) in [6.07, 6.45) is 0. The third-order valence-electron chi connectivity index (χ3n) is 5.93. The second kappa shape index (κ2) is 8.91. The van der Waals surface area contributed by atoms with E-state index in [4.69, 9.17) is 0 Å². The number of halogens is 1. The molecule has 0 amide bonds. The maximum absolute atomic E-state index is 13.2. The number of nitrogens with zero attached hydrogens (tertiary/aromatic N) is 2. The smallest absolute Gasteiger partial charge is 0.243 e. The number of rotatable bonds is 5. The van der Waals surface area contributed by atoms with E-state index in [1.165, 1.54) is 50.8 Å². The zero-order valence-corrected chi connectivity index (χ0v) is 18.6. The Morgan fingerprint density at radius 1 is 0.839 bits per heavy atom. The molecule has 6 heteroatoms. The molecule has 0 aromatic heterocycles. The average Bonchev–Trinajstić information content (AvgIpc) is 2.78. The van der Waals surface area contributed by atoms with Gasteiger partial charge in [-0.2, -0.15) is 4.31 Å². The second-order valence-electron chi connectivity index (χ2n) is 8.07. The lowest BCUT2D eigenvalue weighted by Gasteiger charge is -2.39. The first kappa shape index (κ1) is 21.7. The van der Waals surface area contributed by atoms with Gasteiger partial charge in [-0.1, -0.05) is 54.1 Å². The standard InChI is InChI=1S/C25H27FN2O2S/c1-19-8-9-20(2)24(18-19)25(21-6-4-3-5-7-21)27-14-16-28(17-15-27)31(29,30)23-12-10-22(26)11-13-23/h3-13,18,25H,14-17H2,1-2H3/t25-/m1/s1. The van der Waals surface area contributed by atoms with E-state index >= 15 is 0 Å². The van der Waals surface area contributed by atoms with Gasteiger partial charge >= 0.3 is 0 Å². The van der Waals surface area contributed by atoms with Crippen LogP contribution in [0, 0.1) is 19.7 Å². The van der Waals surface area contributed by atoms with Crippen LogP contribution >= 0.6 is 0 Å². The summed E-state index contributed by atoms with van der Waals surface area (Å²) < 4.78 is 40.7. The van der Waals surface area contributed by atoms with Crippen LogP contribution in [0.25, 0.3) is 0 Å². The Labute approximate surface area is 184 Å². The average molecular weight is 439 g/mol. The number of hydrogen-bond donors (Lipinski definition) is 0. The molecule has 0 bridgehead atoms. The molecule has 3 aromatic rings. The molecular formula is C25H27FN2O2S. The van der Waals surface area contributed by atoms with E-state index in [9.17, 15) is 12.8 Å². The van der Waals surface area contributed by atoms with Crippen molar-refractivity contribution in [3.05, 3.63) is 101 Å². The van der Waals surface area contributed by atoms with Crippen molar-refractivity contribution < 1.29 is 12.8 Å². The minimum atomic E-state index is -3.63. The van der Waals surface area contributed by atoms with Gasteiger partial charge in [-0.15, -0.1) is 0 Å². The van der Waals surface area contributed by atoms with E-state index in [-0.39, 0.29) is 10.9 Å². The van der Waals surface area contributed by atoms with Crippen molar-refractivity contribution in [1.82, 2.24) is 9.21 Å². The highest BCUT2D eigenvalue weighted by Crippen LogP contribution is 2.33. The predicted octanol–water partition coefficient (Wildman–Crippen LogP) is 4.54. The monoisotopic (exact) mass is 438 g/mol. The number of sulfonamides is 1. The second-order valence-corrected chi connectivity index (χ2v) is 10.0. The fourth-order valence-corrected chi connectivity index (χ4v) is 5.66. The van der Waals surface area contributed by atoms with Crippen molar-refractivity contribution in [3.63, 3.8) is 0 Å². The molecule has 1 heterocycles. The van der Waals surface area contributed by atoms with Crippen LogP contribution in [0.5, 0.6) is 0 Å². The maximum atomic E-state index is 13.2. The van der Waals surface area contributed by atoms with Crippen LogP contribution in [-0.4, -0.2) is 43.8 Å². The molecule has 0 spiro atoms. The lowest BCUT2D eigenvalue weighted by Crippen LogP contribution is -2.49. The molecule has 4 nitrogen and oxygen atoms in total. The largest absolute Gasteiger partial charge is 0.290 e. The summed E-state index contributed by atoms with van der Waals surface area (Å²) in [6, 6.07) is 22.0. The van der Waals surface area contributed by atoms with Crippen LogP contribution in [0.4, 0.5) is 4.39 Å². The first-order valence-electron chi connectivity index (χ1n) is 10.5. The van der Waals surface area contributed by atoms with Gasteiger partial charge in [0, 0.05) is 26.2 Å². The molecule has 0 N–H and O–H groups in total. The van der Waals surface area contributed by atoms with Gasteiger partial charge in [0.15, 0.2) is 0 Å². The van der Waals surface area contributed by atoms with Gasteiger partial charge in [0.2, 0.25) is 10.0 Å². The Bertz CT molecular complexity index is 1140. The molecule has 0 aliphatic carbocycles. The van der Waals surface area contributed by atoms with E-state index in [1.54, 1.807) is 0 Å². The zero-order valence-electron chi connectivity index (χ0n) is 17.8. The molecule has 0 unspecified atom stereocenters. The summed E-state index contributed by atoms with van der Waals surface area (Å²) in [5.41, 5.74) is 4.88. The molecule has 0 saturated carbocycles. The number of aryl methyl sites for hydroxylation is 2. The SMILES string of the molecule is Cc1ccc(C)c([C@@H](c2ccccc2)N2CCN(S(=O)(=O)c3ccc(F)cc3)CC2)c1. The molecule has 1 atom stereocenters. The highest BCUT2D eigenvalue weighted by atomic mass is 32.2. The van der Waals surface area contributed by atoms with Gasteiger partial charge in [0.05, 0.1) is 10.9 Å². The summed E-state index contributed by atoms with van der Waals surface area (Å²) in [7, 11) is -3.63. The zero-order chi connectivity index (χ0) is 22.0. The first-order valence-corrected chi connectivity index (χ1v) is 11.9. The summed E-state index contributed by atoms with van der Waals surface area (Å²) in [6.45, 7) is 6.25. The van der Waals surface area contributed by atoms with Crippen LogP contribution < -0.4 is 0 Å². The molecule has 3 aromatic carbocycles. The van der Waals surface area contributed by atoms with Crippen molar-refractivity contribution in [2.24, 2.45) is 0 Å². The molecule has 31 heavy (non-hydrogen) atoms. The van der Waals surface area contributed by atoms with Crippen molar-refractivity contribution in [2.75, 3.05) is 26.2 Å². The van der Waals surface area contributed by atoms with Crippen molar-refractivity contribution in [1.29, 1.82) is 0 Å². The van der Waals surface area contributed by atoms with Gasteiger partial charge in [-0.3, -0.25) is 4.90 Å². The Hall–Kier alpha value is -2.54. The van der Waals surface area contributed by atoms with E-state index in [0.717, 1.165) is 0 Å². The van der Waals surface area contributed by atoms with E-state index in [0.29, 0.717) is 26.2 Å². The summed E-state index contributed by atoms with van der Waals surface area (Å²) >= 11 is 0. The molecule has 1 aliphatic rings. The molecule has 1 saturated heterocycles. The number of hydrogen-bond acceptors (Lipinski definition) is 3. The lowest BCUT2D eigenvalue weighted by molar-refractivity contribution is 0.155. The van der Waals surface area contributed by atoms with Gasteiger partial charge < -0.3 is 0 Å². The third-order valence-corrected chi connectivity index (χ3v) is 7.85. The lowest BCUT2D eigenvalue weighted by atomic mass is 9.92. The Kier molecular flexibility index (Phi) is 6.23.